The van der Waals surface area contributed by atoms with Gasteiger partial charge in [-0.15, -0.1) is 0 Å². The summed E-state index contributed by atoms with van der Waals surface area (Å²) in [5.74, 6) is -1.69. The third-order valence-electron chi connectivity index (χ3n) is 4.37. The Morgan fingerprint density at radius 3 is 2.62 bits per heavy atom. The highest BCUT2D eigenvalue weighted by atomic mass is 19.1. The maximum Gasteiger partial charge on any atom is 0.288 e. The van der Waals surface area contributed by atoms with Gasteiger partial charge in [0.2, 0.25) is 0 Å². The second-order valence-corrected chi connectivity index (χ2v) is 6.36. The van der Waals surface area contributed by atoms with Gasteiger partial charge in [0.05, 0.1) is 19.9 Å². The maximum atomic E-state index is 14.6. The van der Waals surface area contributed by atoms with Crippen LogP contribution in [0.2, 0.25) is 0 Å². The summed E-state index contributed by atoms with van der Waals surface area (Å²) in [6.07, 6.45) is 2.94. The van der Waals surface area contributed by atoms with Gasteiger partial charge in [-0.2, -0.15) is 0 Å². The Balaban J connectivity index is 2.16. The molecule has 0 unspecified atom stereocenters. The fourth-order valence-electron chi connectivity index (χ4n) is 3.08. The molecular weight excluding hydrogens is 342 g/mol. The van der Waals surface area contributed by atoms with E-state index in [0.29, 0.717) is 11.3 Å². The topological polar surface area (TPSA) is 80.8 Å². The van der Waals surface area contributed by atoms with E-state index in [1.165, 1.54) is 30.5 Å². The molecule has 0 bridgehead atoms. The van der Waals surface area contributed by atoms with Gasteiger partial charge in [-0.25, -0.2) is 8.78 Å². The van der Waals surface area contributed by atoms with Crippen LogP contribution in [0.4, 0.5) is 8.78 Å². The summed E-state index contributed by atoms with van der Waals surface area (Å²) in [7, 11) is 3.02. The summed E-state index contributed by atoms with van der Waals surface area (Å²) < 4.78 is 34.1. The monoisotopic (exact) mass is 360 g/mol. The van der Waals surface area contributed by atoms with Crippen LogP contribution in [0.1, 0.15) is 12.5 Å². The normalized spacial score (nSPS) is 20.1. The molecule has 1 amide bonds. The molecule has 0 aliphatic carbocycles. The Labute approximate surface area is 149 Å². The number of amidine groups is 1. The molecule has 1 atom stereocenters. The van der Waals surface area contributed by atoms with E-state index in [2.05, 4.69) is 9.98 Å². The molecule has 2 heterocycles. The molecule has 0 radical (unpaired) electrons. The van der Waals surface area contributed by atoms with Crippen molar-refractivity contribution in [1.82, 2.24) is 9.88 Å². The van der Waals surface area contributed by atoms with Crippen molar-refractivity contribution in [2.75, 3.05) is 20.7 Å². The molecule has 0 saturated carbocycles. The van der Waals surface area contributed by atoms with E-state index in [1.54, 1.807) is 20.0 Å². The van der Waals surface area contributed by atoms with Crippen LogP contribution in [-0.4, -0.2) is 42.3 Å². The van der Waals surface area contributed by atoms with Crippen molar-refractivity contribution >= 4 is 11.7 Å². The molecule has 1 aromatic heterocycles. The Morgan fingerprint density at radius 1 is 1.23 bits per heavy atom. The summed E-state index contributed by atoms with van der Waals surface area (Å²) in [4.78, 5) is 21.4. The van der Waals surface area contributed by atoms with E-state index >= 15 is 0 Å². The highest BCUT2D eigenvalue weighted by Crippen LogP contribution is 2.35. The molecular formula is C18H18F2N4O2. The van der Waals surface area contributed by atoms with Crippen LogP contribution in [0.3, 0.4) is 0 Å². The minimum absolute atomic E-state index is 0.116. The summed E-state index contributed by atoms with van der Waals surface area (Å²) >= 11 is 0. The zero-order valence-electron chi connectivity index (χ0n) is 14.6. The summed E-state index contributed by atoms with van der Waals surface area (Å²) in [5, 5.41) is 0. The SMILES string of the molecule is COc1cncc(-c2cc([C@]3(C)CN(C)C(=O)C(N)=N3)c(F)cc2F)c1. The lowest BCUT2D eigenvalue weighted by Crippen LogP contribution is -2.50. The van der Waals surface area contributed by atoms with Gasteiger partial charge in [-0.3, -0.25) is 14.8 Å². The Hall–Kier alpha value is -3.03. The summed E-state index contributed by atoms with van der Waals surface area (Å²) in [6, 6.07) is 3.78. The lowest BCUT2D eigenvalue weighted by Gasteiger charge is -2.35. The first-order chi connectivity index (χ1) is 12.2. The third-order valence-corrected chi connectivity index (χ3v) is 4.37. The zero-order chi connectivity index (χ0) is 19.1. The van der Waals surface area contributed by atoms with Gasteiger partial charge in [0, 0.05) is 36.0 Å². The molecule has 0 spiro atoms. The van der Waals surface area contributed by atoms with Crippen molar-refractivity contribution in [2.24, 2.45) is 10.7 Å². The third kappa shape index (κ3) is 2.98. The van der Waals surface area contributed by atoms with Crippen molar-refractivity contribution in [3.8, 4) is 16.9 Å². The number of rotatable bonds is 3. The summed E-state index contributed by atoms with van der Waals surface area (Å²) in [6.45, 7) is 1.76. The number of carbonyl (C=O) groups is 1. The van der Waals surface area contributed by atoms with Gasteiger partial charge in [-0.05, 0) is 19.1 Å². The van der Waals surface area contributed by atoms with Crippen LogP contribution in [0, 0.1) is 11.6 Å². The fourth-order valence-corrected chi connectivity index (χ4v) is 3.08. The van der Waals surface area contributed by atoms with Gasteiger partial charge >= 0.3 is 0 Å². The van der Waals surface area contributed by atoms with Gasteiger partial charge in [-0.1, -0.05) is 0 Å². The number of methoxy groups -OCH3 is 1. The molecule has 2 N–H and O–H groups in total. The zero-order valence-corrected chi connectivity index (χ0v) is 14.6. The van der Waals surface area contributed by atoms with Crippen LogP contribution in [0.5, 0.6) is 5.75 Å². The second-order valence-electron chi connectivity index (χ2n) is 6.36. The number of ether oxygens (including phenoxy) is 1. The molecule has 136 valence electrons. The van der Waals surface area contributed by atoms with Crippen LogP contribution in [0.15, 0.2) is 35.6 Å². The molecule has 1 aliphatic heterocycles. The van der Waals surface area contributed by atoms with Gasteiger partial charge in [0.1, 0.15) is 22.9 Å². The van der Waals surface area contributed by atoms with E-state index in [9.17, 15) is 13.6 Å². The number of nitrogens with zero attached hydrogens (tertiary/aromatic N) is 3. The number of nitrogens with two attached hydrogens (primary N) is 1. The first-order valence-corrected chi connectivity index (χ1v) is 7.85. The average molecular weight is 360 g/mol. The van der Waals surface area contributed by atoms with Crippen molar-refractivity contribution in [3.63, 3.8) is 0 Å². The molecule has 2 aromatic rings. The number of pyridine rings is 1. The first kappa shape index (κ1) is 17.8. The molecule has 0 fully saturated rings. The first-order valence-electron chi connectivity index (χ1n) is 7.85. The highest BCUT2D eigenvalue weighted by molar-refractivity contribution is 6.37. The number of aromatic nitrogens is 1. The number of halogens is 2. The van der Waals surface area contributed by atoms with Gasteiger partial charge < -0.3 is 15.4 Å². The molecule has 1 aromatic carbocycles. The predicted octanol–water partition coefficient (Wildman–Crippen LogP) is 2.08. The van der Waals surface area contributed by atoms with Crippen LogP contribution < -0.4 is 10.5 Å². The van der Waals surface area contributed by atoms with E-state index < -0.39 is 23.1 Å². The lowest BCUT2D eigenvalue weighted by molar-refractivity contribution is -0.124. The van der Waals surface area contributed by atoms with Crippen LogP contribution in [-0.2, 0) is 10.3 Å². The standard InChI is InChI=1S/C18H18F2N4O2/c1-18(9-24(2)17(25)16(21)23-18)13-5-12(14(19)6-15(13)20)10-4-11(26-3)8-22-7-10/h4-8H,9H2,1-3H3,(H2,21,23)/t18-/m0/s1. The van der Waals surface area contributed by atoms with Crippen molar-refractivity contribution in [1.29, 1.82) is 0 Å². The van der Waals surface area contributed by atoms with Crippen LogP contribution >= 0.6 is 0 Å². The fraction of sp³-hybridized carbons (Fsp3) is 0.278. The lowest BCUT2D eigenvalue weighted by atomic mass is 9.88. The summed E-state index contributed by atoms with van der Waals surface area (Å²) in [5.41, 5.74) is 5.28. The molecule has 8 heteroatoms. The minimum atomic E-state index is -1.13. The molecule has 26 heavy (non-hydrogen) atoms. The molecule has 6 nitrogen and oxygen atoms in total. The Bertz CT molecular complexity index is 916. The van der Waals surface area contributed by atoms with E-state index in [0.717, 1.165) is 6.07 Å². The number of amides is 1. The minimum Gasteiger partial charge on any atom is -0.495 e. The quantitative estimate of drug-likeness (QED) is 0.909. The van der Waals surface area contributed by atoms with Crippen molar-refractivity contribution in [3.05, 3.63) is 47.8 Å². The number of hydrogen-bond acceptors (Lipinski definition) is 5. The van der Waals surface area contributed by atoms with Crippen molar-refractivity contribution < 1.29 is 18.3 Å². The molecule has 1 aliphatic rings. The average Bonchev–Trinajstić information content (AvgIpc) is 2.59. The number of carbonyl (C=O) groups excluding carboxylic acids is 1. The Morgan fingerprint density at radius 2 is 1.96 bits per heavy atom. The number of benzene rings is 1. The molecule has 0 saturated heterocycles. The van der Waals surface area contributed by atoms with E-state index in [-0.39, 0.29) is 23.5 Å². The molecule has 3 rings (SSSR count). The highest BCUT2D eigenvalue weighted by Gasteiger charge is 2.38. The Kier molecular flexibility index (Phi) is 4.35. The number of aliphatic imine (C=N–C) groups is 1. The second kappa shape index (κ2) is 6.36. The van der Waals surface area contributed by atoms with Gasteiger partial charge in [0.25, 0.3) is 5.91 Å². The van der Waals surface area contributed by atoms with E-state index in [4.69, 9.17) is 10.5 Å². The maximum absolute atomic E-state index is 14.6. The van der Waals surface area contributed by atoms with E-state index in [1.807, 2.05) is 0 Å². The van der Waals surface area contributed by atoms with Crippen LogP contribution in [0.25, 0.3) is 11.1 Å². The number of hydrogen-bond donors (Lipinski definition) is 1. The predicted molar refractivity (Wildman–Crippen MR) is 92.8 cm³/mol. The number of likely N-dealkylation sites (N-methyl/N-ethyl adjacent to an activating group) is 1. The van der Waals surface area contributed by atoms with Gasteiger partial charge in [0.15, 0.2) is 5.84 Å². The van der Waals surface area contributed by atoms with Crippen molar-refractivity contribution in [2.45, 2.75) is 12.5 Å². The largest absolute Gasteiger partial charge is 0.495 e. The smallest absolute Gasteiger partial charge is 0.288 e.